The fourth-order valence-corrected chi connectivity index (χ4v) is 0.969. The molecule has 2 heterocycles. The largest absolute Gasteiger partial charge is 0.384 e. The van der Waals surface area contributed by atoms with Gasteiger partial charge in [-0.2, -0.15) is 0 Å². The molecule has 0 atom stereocenters. The SMILES string of the molecule is Nc1cc(-c2ccon2)ccn1. The molecule has 2 N–H and O–H groups in total. The smallest absolute Gasteiger partial charge is 0.124 e. The van der Waals surface area contributed by atoms with Gasteiger partial charge >= 0.3 is 0 Å². The minimum Gasteiger partial charge on any atom is -0.384 e. The Bertz CT molecular complexity index is 370. The molecule has 0 unspecified atom stereocenters. The van der Waals surface area contributed by atoms with Gasteiger partial charge in [0.05, 0.1) is 0 Å². The number of nitrogens with zero attached hydrogens (tertiary/aromatic N) is 2. The highest BCUT2D eigenvalue weighted by molar-refractivity contribution is 5.60. The first-order valence-electron chi connectivity index (χ1n) is 3.48. The lowest BCUT2D eigenvalue weighted by Crippen LogP contribution is -1.89. The minimum absolute atomic E-state index is 0.482. The molecule has 0 bridgehead atoms. The van der Waals surface area contributed by atoms with E-state index in [1.165, 1.54) is 6.26 Å². The van der Waals surface area contributed by atoms with Gasteiger partial charge in [0.25, 0.3) is 0 Å². The van der Waals surface area contributed by atoms with Crippen LogP contribution < -0.4 is 5.73 Å². The number of hydrogen-bond acceptors (Lipinski definition) is 4. The maximum absolute atomic E-state index is 5.50. The molecule has 4 nitrogen and oxygen atoms in total. The van der Waals surface area contributed by atoms with Crippen LogP contribution in [0.15, 0.2) is 35.2 Å². The predicted molar refractivity (Wildman–Crippen MR) is 44.1 cm³/mol. The van der Waals surface area contributed by atoms with Crippen molar-refractivity contribution in [3.8, 4) is 11.3 Å². The maximum atomic E-state index is 5.50. The summed E-state index contributed by atoms with van der Waals surface area (Å²) < 4.78 is 4.70. The van der Waals surface area contributed by atoms with E-state index in [9.17, 15) is 0 Å². The molecule has 0 fully saturated rings. The first-order valence-corrected chi connectivity index (χ1v) is 3.48. The number of nitrogens with two attached hydrogens (primary N) is 1. The lowest BCUT2D eigenvalue weighted by molar-refractivity contribution is 0.422. The average molecular weight is 161 g/mol. The molecule has 0 spiro atoms. The van der Waals surface area contributed by atoms with Crippen molar-refractivity contribution in [1.82, 2.24) is 10.1 Å². The summed E-state index contributed by atoms with van der Waals surface area (Å²) in [5.41, 5.74) is 7.18. The van der Waals surface area contributed by atoms with E-state index in [1.807, 2.05) is 6.07 Å². The molecule has 0 aliphatic heterocycles. The summed E-state index contributed by atoms with van der Waals surface area (Å²) in [6, 6.07) is 5.35. The van der Waals surface area contributed by atoms with Gasteiger partial charge in [-0.1, -0.05) is 5.16 Å². The van der Waals surface area contributed by atoms with Gasteiger partial charge in [0.1, 0.15) is 17.8 Å². The average Bonchev–Trinajstić information content (AvgIpc) is 2.56. The summed E-state index contributed by atoms with van der Waals surface area (Å²) in [5, 5.41) is 3.77. The molecule has 0 saturated heterocycles. The number of hydrogen-bond donors (Lipinski definition) is 1. The third-order valence-corrected chi connectivity index (χ3v) is 1.51. The van der Waals surface area contributed by atoms with Crippen molar-refractivity contribution >= 4 is 5.82 Å². The van der Waals surface area contributed by atoms with Gasteiger partial charge in [0.2, 0.25) is 0 Å². The van der Waals surface area contributed by atoms with Crippen molar-refractivity contribution in [1.29, 1.82) is 0 Å². The van der Waals surface area contributed by atoms with Crippen LogP contribution in [0, 0.1) is 0 Å². The van der Waals surface area contributed by atoms with E-state index in [-0.39, 0.29) is 0 Å². The van der Waals surface area contributed by atoms with Crippen molar-refractivity contribution in [2.45, 2.75) is 0 Å². The summed E-state index contributed by atoms with van der Waals surface area (Å²) >= 11 is 0. The molecule has 0 aliphatic rings. The molecule has 0 aromatic carbocycles. The highest BCUT2D eigenvalue weighted by Gasteiger charge is 2.00. The highest BCUT2D eigenvalue weighted by Crippen LogP contribution is 2.17. The maximum Gasteiger partial charge on any atom is 0.124 e. The van der Waals surface area contributed by atoms with Gasteiger partial charge in [-0.3, -0.25) is 0 Å². The second-order valence-corrected chi connectivity index (χ2v) is 2.35. The van der Waals surface area contributed by atoms with Crippen LogP contribution in [-0.4, -0.2) is 10.1 Å². The van der Waals surface area contributed by atoms with Crippen LogP contribution in [0.5, 0.6) is 0 Å². The molecule has 0 amide bonds. The third-order valence-electron chi connectivity index (χ3n) is 1.51. The highest BCUT2D eigenvalue weighted by atomic mass is 16.5. The summed E-state index contributed by atoms with van der Waals surface area (Å²) in [6.45, 7) is 0. The van der Waals surface area contributed by atoms with Crippen LogP contribution in [0.4, 0.5) is 5.82 Å². The molecule has 2 rings (SSSR count). The van der Waals surface area contributed by atoms with Crippen LogP contribution in [0.2, 0.25) is 0 Å². The second-order valence-electron chi connectivity index (χ2n) is 2.35. The van der Waals surface area contributed by atoms with E-state index in [0.29, 0.717) is 5.82 Å². The predicted octanol–water partition coefficient (Wildman–Crippen LogP) is 1.32. The van der Waals surface area contributed by atoms with Gasteiger partial charge < -0.3 is 10.3 Å². The van der Waals surface area contributed by atoms with E-state index in [4.69, 9.17) is 10.3 Å². The van der Waals surface area contributed by atoms with Crippen molar-refractivity contribution in [2.24, 2.45) is 0 Å². The summed E-state index contributed by atoms with van der Waals surface area (Å²) in [6.07, 6.45) is 3.16. The number of nitrogen functional groups attached to an aromatic ring is 1. The summed E-state index contributed by atoms with van der Waals surface area (Å²) in [7, 11) is 0. The molecular weight excluding hydrogens is 154 g/mol. The molecular formula is C8H7N3O. The van der Waals surface area contributed by atoms with Gasteiger partial charge in [0, 0.05) is 17.8 Å². The minimum atomic E-state index is 0.482. The zero-order chi connectivity index (χ0) is 8.39. The molecule has 0 aliphatic carbocycles. The summed E-state index contributed by atoms with van der Waals surface area (Å²) in [4.78, 5) is 3.87. The summed E-state index contributed by atoms with van der Waals surface area (Å²) in [5.74, 6) is 0.482. The van der Waals surface area contributed by atoms with Crippen molar-refractivity contribution in [2.75, 3.05) is 5.73 Å². The Morgan fingerprint density at radius 1 is 1.33 bits per heavy atom. The molecule has 60 valence electrons. The molecule has 0 saturated carbocycles. The van der Waals surface area contributed by atoms with Gasteiger partial charge in [-0.05, 0) is 12.1 Å². The Morgan fingerprint density at radius 3 is 2.92 bits per heavy atom. The zero-order valence-corrected chi connectivity index (χ0v) is 6.27. The second kappa shape index (κ2) is 2.65. The fourth-order valence-electron chi connectivity index (χ4n) is 0.969. The van der Waals surface area contributed by atoms with Crippen LogP contribution in [0.3, 0.4) is 0 Å². The van der Waals surface area contributed by atoms with E-state index < -0.39 is 0 Å². The van der Waals surface area contributed by atoms with Crippen LogP contribution in [0.25, 0.3) is 11.3 Å². The quantitative estimate of drug-likeness (QED) is 0.685. The molecule has 12 heavy (non-hydrogen) atoms. The number of rotatable bonds is 1. The Balaban J connectivity index is 2.48. The Kier molecular flexibility index (Phi) is 1.51. The van der Waals surface area contributed by atoms with Gasteiger partial charge in [0.15, 0.2) is 0 Å². The monoisotopic (exact) mass is 161 g/mol. The Hall–Kier alpha value is -1.84. The molecule has 2 aromatic rings. The molecule has 2 aromatic heterocycles. The first-order chi connectivity index (χ1) is 5.86. The number of anilines is 1. The molecule has 4 heteroatoms. The van der Waals surface area contributed by atoms with Gasteiger partial charge in [-0.25, -0.2) is 4.98 Å². The molecule has 0 radical (unpaired) electrons. The van der Waals surface area contributed by atoms with Crippen LogP contribution in [-0.2, 0) is 0 Å². The van der Waals surface area contributed by atoms with E-state index in [1.54, 1.807) is 18.3 Å². The van der Waals surface area contributed by atoms with Crippen molar-refractivity contribution in [3.05, 3.63) is 30.7 Å². The fraction of sp³-hybridized carbons (Fsp3) is 0. The van der Waals surface area contributed by atoms with Crippen molar-refractivity contribution in [3.63, 3.8) is 0 Å². The zero-order valence-electron chi connectivity index (χ0n) is 6.27. The van der Waals surface area contributed by atoms with E-state index in [2.05, 4.69) is 10.1 Å². The Labute approximate surface area is 69.0 Å². The Morgan fingerprint density at radius 2 is 2.25 bits per heavy atom. The lowest BCUT2D eigenvalue weighted by atomic mass is 10.2. The van der Waals surface area contributed by atoms with Crippen molar-refractivity contribution < 1.29 is 4.52 Å². The standard InChI is InChI=1S/C8H7N3O/c9-8-5-6(1-3-10-8)7-2-4-12-11-7/h1-5H,(H2,9,10). The number of pyridine rings is 1. The van der Waals surface area contributed by atoms with Crippen LogP contribution >= 0.6 is 0 Å². The first kappa shape index (κ1) is 6.84. The third kappa shape index (κ3) is 1.14. The van der Waals surface area contributed by atoms with Crippen LogP contribution in [0.1, 0.15) is 0 Å². The lowest BCUT2D eigenvalue weighted by Gasteiger charge is -1.94. The van der Waals surface area contributed by atoms with E-state index >= 15 is 0 Å². The van der Waals surface area contributed by atoms with E-state index in [0.717, 1.165) is 11.3 Å². The normalized spacial score (nSPS) is 10.0. The topological polar surface area (TPSA) is 64.9 Å². The number of aromatic nitrogens is 2. The van der Waals surface area contributed by atoms with Gasteiger partial charge in [-0.15, -0.1) is 0 Å².